The number of nitrogens with one attached hydrogen (secondary N) is 2. The van der Waals surface area contributed by atoms with E-state index in [1.807, 2.05) is 0 Å². The number of fused-ring (bicyclic) bond motifs is 1. The summed E-state index contributed by atoms with van der Waals surface area (Å²) >= 11 is 0. The molecule has 2 N–H and O–H groups in total. The molecule has 1 aliphatic heterocycles. The van der Waals surface area contributed by atoms with E-state index < -0.39 is 39.9 Å². The first-order chi connectivity index (χ1) is 17.4. The molecule has 2 aromatic rings. The van der Waals surface area contributed by atoms with Crippen LogP contribution in [0.5, 0.6) is 11.5 Å². The fraction of sp³-hybridized carbons (Fsp3) is 0.400. The van der Waals surface area contributed by atoms with E-state index in [0.29, 0.717) is 22.7 Å². The monoisotopic (exact) mass is 517 g/mol. The summed E-state index contributed by atoms with van der Waals surface area (Å²) < 4.78 is 36.4. The number of amides is 3. The summed E-state index contributed by atoms with van der Waals surface area (Å²) in [6, 6.07) is 10.6. The van der Waals surface area contributed by atoms with Crippen LogP contribution in [0.25, 0.3) is 0 Å². The zero-order valence-electron chi connectivity index (χ0n) is 19.7. The van der Waals surface area contributed by atoms with Gasteiger partial charge in [0.25, 0.3) is 0 Å². The van der Waals surface area contributed by atoms with E-state index in [9.17, 15) is 23.0 Å². The fourth-order valence-corrected chi connectivity index (χ4v) is 5.08. The van der Waals surface area contributed by atoms with Gasteiger partial charge in [0, 0.05) is 35.1 Å². The van der Waals surface area contributed by atoms with Crippen molar-refractivity contribution in [2.75, 3.05) is 30.2 Å². The number of rotatable bonds is 10. The summed E-state index contributed by atoms with van der Waals surface area (Å²) in [7, 11) is -1.80. The molecule has 0 unspecified atom stereocenters. The molecule has 1 fully saturated rings. The van der Waals surface area contributed by atoms with Gasteiger partial charge in [0.1, 0.15) is 17.3 Å². The highest BCUT2D eigenvalue weighted by atomic mass is 32.2. The molecule has 0 aromatic heterocycles. The molecule has 1 heterocycles. The molecule has 0 bridgehead atoms. The van der Waals surface area contributed by atoms with Crippen LogP contribution in [0.15, 0.2) is 42.5 Å². The van der Waals surface area contributed by atoms with Crippen molar-refractivity contribution in [1.82, 2.24) is 10.2 Å². The molecule has 3 amide bonds. The number of nitrogens with zero attached hydrogens (tertiary/aromatic N) is 1. The minimum Gasteiger partial charge on any atom is -0.454 e. The molecule has 1 saturated carbocycles. The number of benzene rings is 2. The lowest BCUT2D eigenvalue weighted by Crippen LogP contribution is -2.44. The summed E-state index contributed by atoms with van der Waals surface area (Å²) in [5.74, 6) is -1.52. The summed E-state index contributed by atoms with van der Waals surface area (Å²) in [6.45, 7) is -0.0585. The van der Waals surface area contributed by atoms with E-state index in [2.05, 4.69) is 10.6 Å². The van der Waals surface area contributed by atoms with Crippen LogP contribution in [-0.2, 0) is 31.7 Å². The molecular weight excluding hydrogens is 489 g/mol. The van der Waals surface area contributed by atoms with Gasteiger partial charge in [-0.1, -0.05) is 25.0 Å². The van der Waals surface area contributed by atoms with Crippen molar-refractivity contribution < 1.29 is 32.5 Å². The largest absolute Gasteiger partial charge is 0.454 e. The number of hydrogen-bond acceptors (Lipinski definition) is 6. The van der Waals surface area contributed by atoms with E-state index in [-0.39, 0.29) is 31.8 Å². The molecule has 0 radical (unpaired) electrons. The highest BCUT2D eigenvalue weighted by Gasteiger charge is 2.24. The zero-order valence-corrected chi connectivity index (χ0v) is 20.5. The quantitative estimate of drug-likeness (QED) is 0.500. The van der Waals surface area contributed by atoms with Crippen LogP contribution in [-0.4, -0.2) is 57.7 Å². The van der Waals surface area contributed by atoms with Gasteiger partial charge in [0.15, 0.2) is 11.5 Å². The van der Waals surface area contributed by atoms with Crippen LogP contribution in [0.4, 0.5) is 10.1 Å². The Morgan fingerprint density at radius 3 is 2.44 bits per heavy atom. The molecule has 11 heteroatoms. The number of anilines is 1. The first-order valence-corrected chi connectivity index (χ1v) is 13.2. The van der Waals surface area contributed by atoms with Gasteiger partial charge in [0.05, 0.1) is 6.54 Å². The van der Waals surface area contributed by atoms with Gasteiger partial charge in [-0.05, 0) is 42.7 Å². The van der Waals surface area contributed by atoms with Gasteiger partial charge >= 0.3 is 0 Å². The SMILES string of the molecule is O=C(C[S@@](=O)CC(=O)N(CC(=O)NC1CCCC1)Cc1ccc(F)cc1)Nc1ccc2c(c1)OCO2. The predicted octanol–water partition coefficient (Wildman–Crippen LogP) is 2.33. The van der Waals surface area contributed by atoms with Gasteiger partial charge in [0.2, 0.25) is 24.5 Å². The molecule has 0 spiro atoms. The number of carbonyl (C=O) groups is 3. The third-order valence-electron chi connectivity index (χ3n) is 5.93. The summed E-state index contributed by atoms with van der Waals surface area (Å²) in [5.41, 5.74) is 1.08. The van der Waals surface area contributed by atoms with E-state index in [1.54, 1.807) is 18.2 Å². The van der Waals surface area contributed by atoms with Gasteiger partial charge in [-0.3, -0.25) is 18.6 Å². The van der Waals surface area contributed by atoms with Crippen molar-refractivity contribution in [3.8, 4) is 11.5 Å². The lowest BCUT2D eigenvalue weighted by molar-refractivity contribution is -0.134. The molecule has 2 aliphatic rings. The third-order valence-corrected chi connectivity index (χ3v) is 7.08. The Morgan fingerprint density at radius 1 is 0.972 bits per heavy atom. The van der Waals surface area contributed by atoms with Crippen molar-refractivity contribution in [3.05, 3.63) is 53.8 Å². The summed E-state index contributed by atoms with van der Waals surface area (Å²) in [5, 5.41) is 5.57. The first kappa shape index (κ1) is 25.6. The molecule has 9 nitrogen and oxygen atoms in total. The minimum atomic E-state index is -1.80. The topological polar surface area (TPSA) is 114 Å². The van der Waals surface area contributed by atoms with Crippen molar-refractivity contribution in [1.29, 1.82) is 0 Å². The highest BCUT2D eigenvalue weighted by molar-refractivity contribution is 7.86. The van der Waals surface area contributed by atoms with Crippen LogP contribution >= 0.6 is 0 Å². The van der Waals surface area contributed by atoms with Crippen molar-refractivity contribution in [2.45, 2.75) is 38.3 Å². The van der Waals surface area contributed by atoms with Gasteiger partial charge in [-0.15, -0.1) is 0 Å². The molecular formula is C25H28FN3O6S. The lowest BCUT2D eigenvalue weighted by atomic mass is 10.2. The van der Waals surface area contributed by atoms with E-state index in [0.717, 1.165) is 25.7 Å². The van der Waals surface area contributed by atoms with Crippen LogP contribution in [0, 0.1) is 5.82 Å². The standard InChI is InChI=1S/C25H28FN3O6S/c26-18-7-5-17(6-8-18)12-29(13-23(30)27-19-3-1-2-4-19)25(32)15-36(33)14-24(31)28-20-9-10-21-22(11-20)35-16-34-21/h5-11,19H,1-4,12-16H2,(H,27,30)(H,28,31)/t36-/m1/s1. The smallest absolute Gasteiger partial charge is 0.239 e. The molecule has 4 rings (SSSR count). The maximum absolute atomic E-state index is 13.3. The highest BCUT2D eigenvalue weighted by Crippen LogP contribution is 2.34. The third kappa shape index (κ3) is 7.27. The molecule has 36 heavy (non-hydrogen) atoms. The molecule has 0 saturated heterocycles. The summed E-state index contributed by atoms with van der Waals surface area (Å²) in [6.07, 6.45) is 3.91. The molecule has 1 atom stereocenters. The average molecular weight is 518 g/mol. The molecule has 1 aliphatic carbocycles. The average Bonchev–Trinajstić information content (AvgIpc) is 3.51. The number of hydrogen-bond donors (Lipinski definition) is 2. The number of ether oxygens (including phenoxy) is 2. The summed E-state index contributed by atoms with van der Waals surface area (Å²) in [4.78, 5) is 39.2. The fourth-order valence-electron chi connectivity index (χ4n) is 4.16. The van der Waals surface area contributed by atoms with E-state index in [4.69, 9.17) is 9.47 Å². The maximum atomic E-state index is 13.3. The maximum Gasteiger partial charge on any atom is 0.239 e. The van der Waals surface area contributed by atoms with Crippen LogP contribution in [0.3, 0.4) is 0 Å². The normalized spacial score (nSPS) is 15.4. The Bertz CT molecular complexity index is 1140. The zero-order chi connectivity index (χ0) is 25.5. The second kappa shape index (κ2) is 12.0. The first-order valence-electron chi connectivity index (χ1n) is 11.7. The van der Waals surface area contributed by atoms with Crippen molar-refractivity contribution >= 4 is 34.2 Å². The van der Waals surface area contributed by atoms with Gasteiger partial charge in [-0.2, -0.15) is 0 Å². The van der Waals surface area contributed by atoms with E-state index >= 15 is 0 Å². The Labute approximate surface area is 210 Å². The second-order valence-corrected chi connectivity index (χ2v) is 10.2. The molecule has 2 aromatic carbocycles. The Hall–Kier alpha value is -3.47. The van der Waals surface area contributed by atoms with Gasteiger partial charge in [-0.25, -0.2) is 4.39 Å². The van der Waals surface area contributed by atoms with E-state index in [1.165, 1.54) is 29.2 Å². The lowest BCUT2D eigenvalue weighted by Gasteiger charge is -2.23. The van der Waals surface area contributed by atoms with Crippen LogP contribution < -0.4 is 20.1 Å². The Kier molecular flexibility index (Phi) is 8.52. The Balaban J connectivity index is 1.33. The van der Waals surface area contributed by atoms with Crippen LogP contribution in [0.1, 0.15) is 31.2 Å². The second-order valence-electron chi connectivity index (χ2n) is 8.77. The van der Waals surface area contributed by atoms with Gasteiger partial charge < -0.3 is 25.0 Å². The molecule has 192 valence electrons. The predicted molar refractivity (Wildman–Crippen MR) is 131 cm³/mol. The number of carbonyl (C=O) groups excluding carboxylic acids is 3. The van der Waals surface area contributed by atoms with Crippen LogP contribution in [0.2, 0.25) is 0 Å². The van der Waals surface area contributed by atoms with Crippen molar-refractivity contribution in [3.63, 3.8) is 0 Å². The van der Waals surface area contributed by atoms with Crippen molar-refractivity contribution in [2.24, 2.45) is 0 Å². The Morgan fingerprint density at radius 2 is 1.69 bits per heavy atom. The number of halogens is 1. The minimum absolute atomic E-state index is 0.0534.